The summed E-state index contributed by atoms with van der Waals surface area (Å²) in [7, 11) is 0. The lowest BCUT2D eigenvalue weighted by Crippen LogP contribution is -1.91. The molecule has 0 amide bonds. The van der Waals surface area contributed by atoms with Crippen molar-refractivity contribution in [3.8, 4) is 22.4 Å². The SMILES string of the molecule is Fc1cc(Br)ccc1-c1ccc(-c2cc3cc[nH]c3cn2)c(F)c1. The molecule has 0 saturated heterocycles. The molecule has 0 saturated carbocycles. The van der Waals surface area contributed by atoms with Crippen molar-refractivity contribution < 1.29 is 8.78 Å². The number of H-pyrrole nitrogens is 1. The Bertz CT molecular complexity index is 1060. The van der Waals surface area contributed by atoms with Crippen LogP contribution in [0, 0.1) is 11.6 Å². The topological polar surface area (TPSA) is 28.7 Å². The van der Waals surface area contributed by atoms with E-state index >= 15 is 0 Å². The minimum atomic E-state index is -0.433. The van der Waals surface area contributed by atoms with Crippen LogP contribution in [0.5, 0.6) is 0 Å². The van der Waals surface area contributed by atoms with Crippen molar-refractivity contribution in [1.29, 1.82) is 0 Å². The zero-order valence-electron chi connectivity index (χ0n) is 12.4. The highest BCUT2D eigenvalue weighted by Crippen LogP contribution is 2.30. The fourth-order valence-corrected chi connectivity index (χ4v) is 3.05. The molecule has 0 aliphatic carbocycles. The van der Waals surface area contributed by atoms with Gasteiger partial charge >= 0.3 is 0 Å². The Morgan fingerprint density at radius 3 is 2.46 bits per heavy atom. The van der Waals surface area contributed by atoms with Gasteiger partial charge in [0.05, 0.1) is 17.4 Å². The highest BCUT2D eigenvalue weighted by molar-refractivity contribution is 9.10. The predicted molar refractivity (Wildman–Crippen MR) is 94.6 cm³/mol. The Labute approximate surface area is 145 Å². The minimum Gasteiger partial charge on any atom is -0.360 e. The summed E-state index contributed by atoms with van der Waals surface area (Å²) in [5.41, 5.74) is 2.68. The third kappa shape index (κ3) is 2.61. The number of hydrogen-bond acceptors (Lipinski definition) is 1. The third-order valence-corrected chi connectivity index (χ3v) is 4.42. The van der Waals surface area contributed by atoms with E-state index in [0.29, 0.717) is 26.9 Å². The number of halogens is 3. The number of fused-ring (bicyclic) bond motifs is 1. The van der Waals surface area contributed by atoms with Crippen molar-refractivity contribution in [1.82, 2.24) is 9.97 Å². The summed E-state index contributed by atoms with van der Waals surface area (Å²) in [6.45, 7) is 0. The number of pyridine rings is 1. The molecule has 0 spiro atoms. The van der Waals surface area contributed by atoms with E-state index < -0.39 is 11.6 Å². The van der Waals surface area contributed by atoms with Gasteiger partial charge in [0.15, 0.2) is 0 Å². The van der Waals surface area contributed by atoms with Crippen LogP contribution in [-0.2, 0) is 0 Å². The molecule has 2 nitrogen and oxygen atoms in total. The van der Waals surface area contributed by atoms with Crippen LogP contribution in [0.15, 0.2) is 65.4 Å². The van der Waals surface area contributed by atoms with Gasteiger partial charge in [0.1, 0.15) is 11.6 Å². The van der Waals surface area contributed by atoms with Gasteiger partial charge in [-0.25, -0.2) is 8.78 Å². The zero-order chi connectivity index (χ0) is 16.7. The minimum absolute atomic E-state index is 0.359. The fourth-order valence-electron chi connectivity index (χ4n) is 2.71. The Balaban J connectivity index is 1.78. The molecule has 2 heterocycles. The second kappa shape index (κ2) is 5.83. The first-order chi connectivity index (χ1) is 11.6. The summed E-state index contributed by atoms with van der Waals surface area (Å²) >= 11 is 3.22. The van der Waals surface area contributed by atoms with Gasteiger partial charge in [0, 0.05) is 27.2 Å². The molecule has 0 atom stereocenters. The molecule has 0 aliphatic heterocycles. The molecule has 0 unspecified atom stereocenters. The van der Waals surface area contributed by atoms with Crippen LogP contribution < -0.4 is 0 Å². The number of aromatic amines is 1. The maximum absolute atomic E-state index is 14.6. The number of aromatic nitrogens is 2. The third-order valence-electron chi connectivity index (χ3n) is 3.92. The lowest BCUT2D eigenvalue weighted by atomic mass is 10.0. The van der Waals surface area contributed by atoms with E-state index in [9.17, 15) is 8.78 Å². The molecule has 4 aromatic rings. The van der Waals surface area contributed by atoms with Crippen molar-refractivity contribution in [3.63, 3.8) is 0 Å². The second-order valence-electron chi connectivity index (χ2n) is 5.45. The van der Waals surface area contributed by atoms with Gasteiger partial charge < -0.3 is 4.98 Å². The lowest BCUT2D eigenvalue weighted by Gasteiger charge is -2.08. The highest BCUT2D eigenvalue weighted by atomic mass is 79.9. The van der Waals surface area contributed by atoms with Crippen LogP contribution in [0.3, 0.4) is 0 Å². The van der Waals surface area contributed by atoms with E-state index in [1.165, 1.54) is 12.1 Å². The Kier molecular flexibility index (Phi) is 3.65. The van der Waals surface area contributed by atoms with E-state index in [4.69, 9.17) is 0 Å². The highest BCUT2D eigenvalue weighted by Gasteiger charge is 2.12. The van der Waals surface area contributed by atoms with Crippen molar-refractivity contribution in [3.05, 3.63) is 77.0 Å². The smallest absolute Gasteiger partial charge is 0.133 e. The van der Waals surface area contributed by atoms with Gasteiger partial charge in [-0.3, -0.25) is 4.98 Å². The first kappa shape index (κ1) is 15.0. The summed E-state index contributed by atoms with van der Waals surface area (Å²) in [5.74, 6) is -0.833. The Morgan fingerprint density at radius 1 is 0.875 bits per heavy atom. The van der Waals surface area contributed by atoms with E-state index in [2.05, 4.69) is 25.9 Å². The van der Waals surface area contributed by atoms with Crippen LogP contribution in [0.25, 0.3) is 33.3 Å². The van der Waals surface area contributed by atoms with Crippen LogP contribution in [0.4, 0.5) is 8.78 Å². The van der Waals surface area contributed by atoms with E-state index in [1.54, 1.807) is 30.5 Å². The molecule has 5 heteroatoms. The predicted octanol–water partition coefficient (Wildman–Crippen LogP) is 5.94. The number of benzene rings is 2. The lowest BCUT2D eigenvalue weighted by molar-refractivity contribution is 0.626. The summed E-state index contributed by atoms with van der Waals surface area (Å²) in [4.78, 5) is 7.34. The van der Waals surface area contributed by atoms with Gasteiger partial charge in [-0.05, 0) is 42.0 Å². The molecule has 118 valence electrons. The molecule has 0 radical (unpaired) electrons. The van der Waals surface area contributed by atoms with E-state index in [1.807, 2.05) is 18.3 Å². The maximum Gasteiger partial charge on any atom is 0.133 e. The molecule has 4 rings (SSSR count). The molecule has 2 aromatic carbocycles. The number of rotatable bonds is 2. The van der Waals surface area contributed by atoms with Gasteiger partial charge in [0.25, 0.3) is 0 Å². The average Bonchev–Trinajstić information content (AvgIpc) is 3.02. The molecule has 1 N–H and O–H groups in total. The number of nitrogens with one attached hydrogen (secondary N) is 1. The summed E-state index contributed by atoms with van der Waals surface area (Å²) in [6, 6.07) is 13.1. The Morgan fingerprint density at radius 2 is 1.67 bits per heavy atom. The molecular weight excluding hydrogens is 374 g/mol. The first-order valence-corrected chi connectivity index (χ1v) is 8.09. The van der Waals surface area contributed by atoms with Gasteiger partial charge in [0.2, 0.25) is 0 Å². The quantitative estimate of drug-likeness (QED) is 0.455. The largest absolute Gasteiger partial charge is 0.360 e. The summed E-state index contributed by atoms with van der Waals surface area (Å²) in [6.07, 6.45) is 3.48. The first-order valence-electron chi connectivity index (χ1n) is 7.30. The second-order valence-corrected chi connectivity index (χ2v) is 6.37. The monoisotopic (exact) mass is 384 g/mol. The Hall–Kier alpha value is -2.53. The standard InChI is InChI=1S/C19H11BrF2N2/c20-13-2-4-14(17(22)9-13)11-1-3-15(16(21)7-11)18-8-12-5-6-23-19(12)10-24-18/h1-10,23H. The van der Waals surface area contributed by atoms with Crippen molar-refractivity contribution >= 4 is 26.8 Å². The van der Waals surface area contributed by atoms with Gasteiger partial charge in [-0.2, -0.15) is 0 Å². The van der Waals surface area contributed by atoms with E-state index in [-0.39, 0.29) is 0 Å². The van der Waals surface area contributed by atoms with Gasteiger partial charge in [-0.1, -0.05) is 28.1 Å². The van der Waals surface area contributed by atoms with Crippen LogP contribution in [0.2, 0.25) is 0 Å². The summed E-state index contributed by atoms with van der Waals surface area (Å²) in [5, 5.41) is 0.961. The molecule has 0 bridgehead atoms. The molecule has 0 fully saturated rings. The van der Waals surface area contributed by atoms with Crippen molar-refractivity contribution in [2.24, 2.45) is 0 Å². The van der Waals surface area contributed by atoms with Crippen LogP contribution in [-0.4, -0.2) is 9.97 Å². The van der Waals surface area contributed by atoms with Crippen LogP contribution in [0.1, 0.15) is 0 Å². The zero-order valence-corrected chi connectivity index (χ0v) is 13.9. The van der Waals surface area contributed by atoms with E-state index in [0.717, 1.165) is 10.9 Å². The molecule has 0 aliphatic rings. The average molecular weight is 385 g/mol. The number of hydrogen-bond donors (Lipinski definition) is 1. The van der Waals surface area contributed by atoms with Crippen molar-refractivity contribution in [2.75, 3.05) is 0 Å². The van der Waals surface area contributed by atoms with Crippen LogP contribution >= 0.6 is 15.9 Å². The molecular formula is C19H11BrF2N2. The molecule has 24 heavy (non-hydrogen) atoms. The van der Waals surface area contributed by atoms with Gasteiger partial charge in [-0.15, -0.1) is 0 Å². The number of nitrogens with zero attached hydrogens (tertiary/aromatic N) is 1. The fraction of sp³-hybridized carbons (Fsp3) is 0. The molecule has 2 aromatic heterocycles. The maximum atomic E-state index is 14.6. The van der Waals surface area contributed by atoms with Crippen molar-refractivity contribution in [2.45, 2.75) is 0 Å². The summed E-state index contributed by atoms with van der Waals surface area (Å²) < 4.78 is 29.3. The normalized spacial score (nSPS) is 11.1.